The Kier molecular flexibility index (Phi) is 5.19. The Balaban J connectivity index is 1.78. The largest absolute Gasteiger partial charge is 0.371 e. The zero-order valence-electron chi connectivity index (χ0n) is 14.7. The minimum absolute atomic E-state index is 0.136. The lowest BCUT2D eigenvalue weighted by Gasteiger charge is -2.30. The first kappa shape index (κ1) is 17.0. The highest BCUT2D eigenvalue weighted by atomic mass is 16.5. The summed E-state index contributed by atoms with van der Waals surface area (Å²) in [6, 6.07) is 0.273. The predicted octanol–water partition coefficient (Wildman–Crippen LogP) is 3.02. The quantitative estimate of drug-likeness (QED) is 0.595. The van der Waals surface area contributed by atoms with Gasteiger partial charge in [-0.25, -0.2) is 0 Å². The minimum atomic E-state index is 0.136. The van der Waals surface area contributed by atoms with Gasteiger partial charge in [-0.2, -0.15) is 5.10 Å². The molecule has 1 aliphatic heterocycles. The summed E-state index contributed by atoms with van der Waals surface area (Å²) < 4.78 is 7.66. The zero-order chi connectivity index (χ0) is 17.1. The number of carbonyl (C=O) groups is 1. The number of hydrogen-bond donors (Lipinski definition) is 0. The third-order valence-electron chi connectivity index (χ3n) is 4.81. The fourth-order valence-corrected chi connectivity index (χ4v) is 3.57. The van der Waals surface area contributed by atoms with Crippen molar-refractivity contribution in [2.24, 2.45) is 5.92 Å². The first-order valence-electron chi connectivity index (χ1n) is 8.83. The summed E-state index contributed by atoms with van der Waals surface area (Å²) in [6.45, 7) is 10.4. The summed E-state index contributed by atoms with van der Waals surface area (Å²) >= 11 is 0. The second kappa shape index (κ2) is 7.34. The Labute approximate surface area is 144 Å². The van der Waals surface area contributed by atoms with Crippen LogP contribution in [0, 0.1) is 5.92 Å². The van der Waals surface area contributed by atoms with Crippen LogP contribution >= 0.6 is 0 Å². The fraction of sp³-hybridized carbons (Fsp3) is 0.579. The lowest BCUT2D eigenvalue weighted by molar-refractivity contribution is -0.136. The van der Waals surface area contributed by atoms with Crippen LogP contribution in [0.4, 0.5) is 0 Å². The normalized spacial score (nSPS) is 17.5. The maximum absolute atomic E-state index is 12.7. The van der Waals surface area contributed by atoms with Crippen molar-refractivity contribution >= 4 is 5.91 Å². The number of aromatic nitrogens is 2. The van der Waals surface area contributed by atoms with Gasteiger partial charge in [-0.1, -0.05) is 18.2 Å². The molecule has 0 radical (unpaired) electrons. The Hall–Kier alpha value is -1.88. The summed E-state index contributed by atoms with van der Waals surface area (Å²) in [5.41, 5.74) is 3.45. The van der Waals surface area contributed by atoms with E-state index in [1.54, 1.807) is 6.08 Å². The molecule has 1 aliphatic carbocycles. The van der Waals surface area contributed by atoms with Crippen molar-refractivity contribution in [3.63, 3.8) is 0 Å². The van der Waals surface area contributed by atoms with Crippen molar-refractivity contribution < 1.29 is 9.53 Å². The standard InChI is InChI=1S/C19H27N3O2/c1-4-11-24-13-17-16-9-10-21(19(23)15-7-5-6-8-15)12-18(16)22(20-17)14(2)3/h4-6,14-15H,1,7-13H2,2-3H3. The molecule has 0 atom stereocenters. The van der Waals surface area contributed by atoms with Crippen LogP contribution in [0.25, 0.3) is 0 Å². The van der Waals surface area contributed by atoms with Gasteiger partial charge in [0.1, 0.15) is 0 Å². The SMILES string of the molecule is C=CCOCc1nn(C(C)C)c2c1CCN(C(=O)C1CC=CC1)C2. The topological polar surface area (TPSA) is 47.4 Å². The average molecular weight is 329 g/mol. The van der Waals surface area contributed by atoms with E-state index in [4.69, 9.17) is 9.84 Å². The van der Waals surface area contributed by atoms with Crippen LogP contribution in [0.5, 0.6) is 0 Å². The van der Waals surface area contributed by atoms with Crippen molar-refractivity contribution in [3.8, 4) is 0 Å². The molecule has 0 N–H and O–H groups in total. The lowest BCUT2D eigenvalue weighted by atomic mass is 10.0. The Bertz CT molecular complexity index is 637. The molecule has 0 saturated heterocycles. The van der Waals surface area contributed by atoms with Gasteiger partial charge in [-0.15, -0.1) is 6.58 Å². The van der Waals surface area contributed by atoms with E-state index in [1.807, 2.05) is 4.90 Å². The third kappa shape index (κ3) is 3.31. The van der Waals surface area contributed by atoms with Gasteiger partial charge >= 0.3 is 0 Å². The van der Waals surface area contributed by atoms with Gasteiger partial charge in [-0.3, -0.25) is 9.48 Å². The molecule has 1 aromatic heterocycles. The molecular formula is C19H27N3O2. The molecule has 3 rings (SSSR count). The van der Waals surface area contributed by atoms with Gasteiger partial charge in [0, 0.05) is 24.1 Å². The number of nitrogens with zero attached hydrogens (tertiary/aromatic N) is 3. The van der Waals surface area contributed by atoms with Gasteiger partial charge in [0.15, 0.2) is 0 Å². The number of hydrogen-bond acceptors (Lipinski definition) is 3. The van der Waals surface area contributed by atoms with E-state index >= 15 is 0 Å². The van der Waals surface area contributed by atoms with E-state index in [2.05, 4.69) is 37.3 Å². The number of fused-ring (bicyclic) bond motifs is 1. The second-order valence-corrected chi connectivity index (χ2v) is 6.86. The zero-order valence-corrected chi connectivity index (χ0v) is 14.7. The van der Waals surface area contributed by atoms with E-state index < -0.39 is 0 Å². The van der Waals surface area contributed by atoms with Crippen LogP contribution in [0.15, 0.2) is 24.8 Å². The van der Waals surface area contributed by atoms with E-state index in [0.717, 1.165) is 31.5 Å². The highest BCUT2D eigenvalue weighted by Crippen LogP contribution is 2.28. The van der Waals surface area contributed by atoms with Crippen molar-refractivity contribution in [1.29, 1.82) is 0 Å². The molecule has 0 aromatic carbocycles. The Morgan fingerprint density at radius 1 is 1.46 bits per heavy atom. The summed E-state index contributed by atoms with van der Waals surface area (Å²) in [5, 5.41) is 4.76. The van der Waals surface area contributed by atoms with E-state index in [9.17, 15) is 4.79 Å². The molecular weight excluding hydrogens is 302 g/mol. The summed E-state index contributed by atoms with van der Waals surface area (Å²) in [7, 11) is 0. The van der Waals surface area contributed by atoms with Crippen molar-refractivity contribution in [3.05, 3.63) is 41.8 Å². The van der Waals surface area contributed by atoms with Crippen molar-refractivity contribution in [2.45, 2.75) is 52.3 Å². The minimum Gasteiger partial charge on any atom is -0.371 e. The third-order valence-corrected chi connectivity index (χ3v) is 4.81. The average Bonchev–Trinajstić information content (AvgIpc) is 3.22. The maximum Gasteiger partial charge on any atom is 0.226 e. The van der Waals surface area contributed by atoms with E-state index in [0.29, 0.717) is 19.8 Å². The predicted molar refractivity (Wildman–Crippen MR) is 93.5 cm³/mol. The molecule has 2 aliphatic rings. The van der Waals surface area contributed by atoms with Gasteiger partial charge in [0.25, 0.3) is 0 Å². The molecule has 0 fully saturated rings. The van der Waals surface area contributed by atoms with E-state index in [1.165, 1.54) is 11.3 Å². The summed E-state index contributed by atoms with van der Waals surface area (Å²) in [4.78, 5) is 14.7. The molecule has 2 heterocycles. The number of rotatable bonds is 6. The maximum atomic E-state index is 12.7. The van der Waals surface area contributed by atoms with Gasteiger partial charge < -0.3 is 9.64 Å². The Morgan fingerprint density at radius 3 is 2.88 bits per heavy atom. The highest BCUT2D eigenvalue weighted by Gasteiger charge is 2.31. The van der Waals surface area contributed by atoms with Crippen LogP contribution < -0.4 is 0 Å². The highest BCUT2D eigenvalue weighted by molar-refractivity contribution is 5.80. The number of carbonyl (C=O) groups excluding carboxylic acids is 1. The molecule has 0 unspecified atom stereocenters. The summed E-state index contributed by atoms with van der Waals surface area (Å²) in [5.74, 6) is 0.420. The number of amides is 1. The first-order valence-corrected chi connectivity index (χ1v) is 8.83. The summed E-state index contributed by atoms with van der Waals surface area (Å²) in [6.07, 6.45) is 8.61. The molecule has 0 saturated carbocycles. The number of ether oxygens (including phenoxy) is 1. The monoisotopic (exact) mass is 329 g/mol. The van der Waals surface area contributed by atoms with Gasteiger partial charge in [0.05, 0.1) is 31.1 Å². The van der Waals surface area contributed by atoms with E-state index in [-0.39, 0.29) is 17.9 Å². The van der Waals surface area contributed by atoms with Crippen LogP contribution in [0.1, 0.15) is 49.7 Å². The molecule has 1 aromatic rings. The molecule has 130 valence electrons. The molecule has 5 heteroatoms. The smallest absolute Gasteiger partial charge is 0.226 e. The lowest BCUT2D eigenvalue weighted by Crippen LogP contribution is -2.40. The molecule has 1 amide bonds. The molecule has 24 heavy (non-hydrogen) atoms. The second-order valence-electron chi connectivity index (χ2n) is 6.86. The van der Waals surface area contributed by atoms with Crippen LogP contribution in [0.2, 0.25) is 0 Å². The van der Waals surface area contributed by atoms with Gasteiger partial charge in [0.2, 0.25) is 5.91 Å². The van der Waals surface area contributed by atoms with Gasteiger partial charge in [-0.05, 0) is 33.1 Å². The fourth-order valence-electron chi connectivity index (χ4n) is 3.57. The molecule has 5 nitrogen and oxygen atoms in total. The van der Waals surface area contributed by atoms with Crippen LogP contribution in [0.3, 0.4) is 0 Å². The number of allylic oxidation sites excluding steroid dienone is 2. The first-order chi connectivity index (χ1) is 11.6. The molecule has 0 bridgehead atoms. The van der Waals surface area contributed by atoms with Crippen LogP contribution in [-0.4, -0.2) is 33.7 Å². The Morgan fingerprint density at radius 2 is 2.21 bits per heavy atom. The van der Waals surface area contributed by atoms with Crippen molar-refractivity contribution in [2.75, 3.05) is 13.2 Å². The van der Waals surface area contributed by atoms with Crippen molar-refractivity contribution in [1.82, 2.24) is 14.7 Å². The van der Waals surface area contributed by atoms with Crippen LogP contribution in [-0.2, 0) is 29.1 Å². The molecule has 0 spiro atoms.